The first kappa shape index (κ1) is 18.6. The molecule has 2 unspecified atom stereocenters. The van der Waals surface area contributed by atoms with Gasteiger partial charge in [0.25, 0.3) is 5.91 Å². The van der Waals surface area contributed by atoms with Gasteiger partial charge in [0, 0.05) is 17.4 Å². The number of carbonyl (C=O) groups is 2. The van der Waals surface area contributed by atoms with E-state index in [4.69, 9.17) is 0 Å². The summed E-state index contributed by atoms with van der Waals surface area (Å²) >= 11 is 1.39. The van der Waals surface area contributed by atoms with E-state index in [1.54, 1.807) is 18.2 Å². The molecule has 0 bridgehead atoms. The summed E-state index contributed by atoms with van der Waals surface area (Å²) in [5.41, 5.74) is 7.57. The molecule has 0 radical (unpaired) electrons. The van der Waals surface area contributed by atoms with E-state index in [0.717, 1.165) is 12.8 Å². The lowest BCUT2D eigenvalue weighted by Gasteiger charge is -2.12. The monoisotopic (exact) mass is 372 g/mol. The molecule has 2 aromatic rings. The molecule has 26 heavy (non-hydrogen) atoms. The molecule has 6 nitrogen and oxygen atoms in total. The largest absolute Gasteiger partial charge is 0.325 e. The Morgan fingerprint density at radius 3 is 2.62 bits per heavy atom. The van der Waals surface area contributed by atoms with Crippen molar-refractivity contribution in [3.8, 4) is 0 Å². The Morgan fingerprint density at radius 1 is 1.15 bits per heavy atom. The molecule has 1 aliphatic rings. The third kappa shape index (κ3) is 4.91. The molecular weight excluding hydrogens is 348 g/mol. The second-order valence-corrected chi connectivity index (χ2v) is 7.85. The zero-order valence-electron chi connectivity index (χ0n) is 14.9. The minimum Gasteiger partial charge on any atom is -0.325 e. The fraction of sp³-hybridized carbons (Fsp3) is 0.368. The summed E-state index contributed by atoms with van der Waals surface area (Å²) in [4.78, 5) is 25.3. The van der Waals surface area contributed by atoms with Gasteiger partial charge in [-0.3, -0.25) is 15.0 Å². The Morgan fingerprint density at radius 2 is 1.92 bits per heavy atom. The summed E-state index contributed by atoms with van der Waals surface area (Å²) in [7, 11) is 0. The van der Waals surface area contributed by atoms with Crippen molar-refractivity contribution in [3.05, 3.63) is 46.7 Å². The van der Waals surface area contributed by atoms with E-state index in [2.05, 4.69) is 35.3 Å². The van der Waals surface area contributed by atoms with E-state index in [1.807, 2.05) is 23.6 Å². The normalized spacial score (nSPS) is 19.5. The molecule has 138 valence electrons. The summed E-state index contributed by atoms with van der Waals surface area (Å²) in [6, 6.07) is 10.8. The molecule has 0 aliphatic carbocycles. The van der Waals surface area contributed by atoms with Crippen LogP contribution in [0, 0.1) is 5.92 Å². The van der Waals surface area contributed by atoms with Crippen LogP contribution in [0.15, 0.2) is 41.8 Å². The topological polar surface area (TPSA) is 82.3 Å². The first-order valence-electron chi connectivity index (χ1n) is 8.78. The fourth-order valence-corrected chi connectivity index (χ4v) is 3.64. The van der Waals surface area contributed by atoms with Crippen LogP contribution in [0.5, 0.6) is 0 Å². The Kier molecular flexibility index (Phi) is 6.03. The van der Waals surface area contributed by atoms with E-state index in [0.29, 0.717) is 28.2 Å². The summed E-state index contributed by atoms with van der Waals surface area (Å²) in [5, 5.41) is 7.63. The summed E-state index contributed by atoms with van der Waals surface area (Å²) < 4.78 is 0. The highest BCUT2D eigenvalue weighted by Gasteiger charge is 2.29. The first-order valence-corrected chi connectivity index (χ1v) is 9.66. The van der Waals surface area contributed by atoms with Crippen LogP contribution < -0.4 is 21.5 Å². The van der Waals surface area contributed by atoms with Gasteiger partial charge in [-0.1, -0.05) is 26.0 Å². The van der Waals surface area contributed by atoms with Gasteiger partial charge in [-0.05, 0) is 48.4 Å². The number of amides is 2. The summed E-state index contributed by atoms with van der Waals surface area (Å²) in [5.74, 6) is 0.354. The predicted octanol–water partition coefficient (Wildman–Crippen LogP) is 3.22. The average Bonchev–Trinajstić information content (AvgIpc) is 3.26. The third-order valence-corrected chi connectivity index (χ3v) is 5.06. The van der Waals surface area contributed by atoms with Gasteiger partial charge in [-0.15, -0.1) is 11.3 Å². The number of nitrogens with one attached hydrogen (secondary N) is 4. The lowest BCUT2D eigenvalue weighted by atomic mass is 10.00. The highest BCUT2D eigenvalue weighted by molar-refractivity contribution is 7.12. The minimum absolute atomic E-state index is 0.0783. The third-order valence-electron chi connectivity index (χ3n) is 4.19. The van der Waals surface area contributed by atoms with Gasteiger partial charge in [0.1, 0.15) is 6.04 Å². The summed E-state index contributed by atoms with van der Waals surface area (Å²) in [6.07, 6.45) is 1.79. The Balaban J connectivity index is 1.57. The molecule has 1 aliphatic heterocycles. The maximum absolute atomic E-state index is 12.5. The van der Waals surface area contributed by atoms with Crippen LogP contribution in [0.1, 0.15) is 36.4 Å². The zero-order chi connectivity index (χ0) is 18.5. The molecule has 2 atom stereocenters. The van der Waals surface area contributed by atoms with Crippen LogP contribution in [-0.4, -0.2) is 23.9 Å². The number of hydrogen-bond acceptors (Lipinski definition) is 5. The first-order chi connectivity index (χ1) is 12.5. The number of thiophene rings is 1. The lowest BCUT2D eigenvalue weighted by Crippen LogP contribution is -2.40. The van der Waals surface area contributed by atoms with Gasteiger partial charge in [0.2, 0.25) is 5.91 Å². The molecule has 7 heteroatoms. The van der Waals surface area contributed by atoms with E-state index < -0.39 is 0 Å². The van der Waals surface area contributed by atoms with E-state index in [1.165, 1.54) is 11.3 Å². The molecule has 0 spiro atoms. The number of benzene rings is 1. The van der Waals surface area contributed by atoms with Crippen LogP contribution in [0.3, 0.4) is 0 Å². The lowest BCUT2D eigenvalue weighted by molar-refractivity contribution is -0.117. The highest BCUT2D eigenvalue weighted by atomic mass is 32.1. The molecule has 2 heterocycles. The molecule has 1 saturated heterocycles. The maximum atomic E-state index is 12.5. The van der Waals surface area contributed by atoms with Gasteiger partial charge in [0.05, 0.1) is 4.88 Å². The smallest absolute Gasteiger partial charge is 0.265 e. The number of hydrogen-bond donors (Lipinski definition) is 4. The quantitative estimate of drug-likeness (QED) is 0.627. The van der Waals surface area contributed by atoms with Crippen molar-refractivity contribution < 1.29 is 9.59 Å². The Labute approximate surface area is 157 Å². The minimum atomic E-state index is -0.261. The predicted molar refractivity (Wildman–Crippen MR) is 105 cm³/mol. The van der Waals surface area contributed by atoms with Crippen molar-refractivity contribution in [2.75, 3.05) is 10.6 Å². The molecule has 2 amide bonds. The van der Waals surface area contributed by atoms with Gasteiger partial charge in [-0.25, -0.2) is 5.43 Å². The fourth-order valence-electron chi connectivity index (χ4n) is 3.02. The van der Waals surface area contributed by atoms with Crippen molar-refractivity contribution >= 4 is 34.5 Å². The van der Waals surface area contributed by atoms with Crippen LogP contribution >= 0.6 is 11.3 Å². The molecule has 0 saturated carbocycles. The van der Waals surface area contributed by atoms with Gasteiger partial charge in [0.15, 0.2) is 0 Å². The Bertz CT molecular complexity index is 761. The molecule has 4 N–H and O–H groups in total. The van der Waals surface area contributed by atoms with Gasteiger partial charge < -0.3 is 10.6 Å². The standard InChI is InChI=1S/C19H24N4O2S/c1-12(2)9-15-11-16(23-22-15)18(24)20-13-5-3-6-14(10-13)21-19(25)17-7-4-8-26-17/h3-8,10,12,15-16,22-23H,9,11H2,1-2H3,(H,20,24)(H,21,25). The number of rotatable bonds is 6. The number of hydrazine groups is 1. The molecular formula is C19H24N4O2S. The number of carbonyl (C=O) groups excluding carboxylic acids is 2. The van der Waals surface area contributed by atoms with Crippen molar-refractivity contribution in [1.29, 1.82) is 0 Å². The van der Waals surface area contributed by atoms with Crippen LogP contribution in [0.2, 0.25) is 0 Å². The maximum Gasteiger partial charge on any atom is 0.265 e. The zero-order valence-corrected chi connectivity index (χ0v) is 15.7. The van der Waals surface area contributed by atoms with E-state index in [-0.39, 0.29) is 17.9 Å². The van der Waals surface area contributed by atoms with Crippen molar-refractivity contribution in [1.82, 2.24) is 10.9 Å². The average molecular weight is 372 g/mol. The van der Waals surface area contributed by atoms with E-state index in [9.17, 15) is 9.59 Å². The second kappa shape index (κ2) is 8.44. The number of anilines is 2. The molecule has 1 aromatic carbocycles. The van der Waals surface area contributed by atoms with Crippen molar-refractivity contribution in [3.63, 3.8) is 0 Å². The van der Waals surface area contributed by atoms with Crippen molar-refractivity contribution in [2.24, 2.45) is 5.92 Å². The van der Waals surface area contributed by atoms with Gasteiger partial charge in [-0.2, -0.15) is 0 Å². The Hall–Kier alpha value is -2.22. The second-order valence-electron chi connectivity index (χ2n) is 6.90. The van der Waals surface area contributed by atoms with Gasteiger partial charge >= 0.3 is 0 Å². The highest BCUT2D eigenvalue weighted by Crippen LogP contribution is 2.19. The van der Waals surface area contributed by atoms with Crippen LogP contribution in [0.25, 0.3) is 0 Å². The molecule has 1 fully saturated rings. The van der Waals surface area contributed by atoms with Crippen LogP contribution in [-0.2, 0) is 4.79 Å². The van der Waals surface area contributed by atoms with Crippen LogP contribution in [0.4, 0.5) is 11.4 Å². The molecule has 3 rings (SSSR count). The summed E-state index contributed by atoms with van der Waals surface area (Å²) in [6.45, 7) is 4.34. The van der Waals surface area contributed by atoms with E-state index >= 15 is 0 Å². The van der Waals surface area contributed by atoms with Crippen molar-refractivity contribution in [2.45, 2.75) is 38.8 Å². The molecule has 1 aromatic heterocycles. The SMILES string of the molecule is CC(C)CC1CC(C(=O)Nc2cccc(NC(=O)c3cccs3)c2)NN1.